The molecule has 1 amide bonds. The monoisotopic (exact) mass is 325 g/mol. The van der Waals surface area contributed by atoms with Gasteiger partial charge >= 0.3 is 0 Å². The molecule has 0 aromatic heterocycles. The minimum absolute atomic E-state index is 0.107. The summed E-state index contributed by atoms with van der Waals surface area (Å²) in [6, 6.07) is 5.78. The Morgan fingerprint density at radius 2 is 2.32 bits per heavy atom. The van der Waals surface area contributed by atoms with Gasteiger partial charge in [-0.3, -0.25) is 4.79 Å². The number of aryl methyl sites for hydroxylation is 1. The Morgan fingerprint density at radius 1 is 1.53 bits per heavy atom. The summed E-state index contributed by atoms with van der Waals surface area (Å²) >= 11 is 3.48. The standard InChI is InChI=1S/C15H20BrNO2/c1-3-17(9-12-6-7-19-10-12)15(18)13-5-4-11(2)14(16)8-13/h4-5,8,12H,3,6-7,9-10H2,1-2H3. The van der Waals surface area contributed by atoms with Gasteiger partial charge in [0.15, 0.2) is 0 Å². The smallest absolute Gasteiger partial charge is 0.253 e. The number of benzene rings is 1. The number of hydrogen-bond acceptors (Lipinski definition) is 2. The Morgan fingerprint density at radius 3 is 2.89 bits per heavy atom. The number of rotatable bonds is 4. The van der Waals surface area contributed by atoms with Crippen molar-refractivity contribution in [2.45, 2.75) is 20.3 Å². The van der Waals surface area contributed by atoms with Gasteiger partial charge in [-0.05, 0) is 38.0 Å². The SMILES string of the molecule is CCN(CC1CCOC1)C(=O)c1ccc(C)c(Br)c1. The predicted molar refractivity (Wildman–Crippen MR) is 79.4 cm³/mol. The number of halogens is 1. The van der Waals surface area contributed by atoms with Gasteiger partial charge in [0.25, 0.3) is 5.91 Å². The summed E-state index contributed by atoms with van der Waals surface area (Å²) in [5.41, 5.74) is 1.89. The molecule has 0 N–H and O–H groups in total. The van der Waals surface area contributed by atoms with Crippen molar-refractivity contribution in [2.24, 2.45) is 5.92 Å². The van der Waals surface area contributed by atoms with Crippen molar-refractivity contribution in [2.75, 3.05) is 26.3 Å². The van der Waals surface area contributed by atoms with Crippen molar-refractivity contribution in [3.05, 3.63) is 33.8 Å². The lowest BCUT2D eigenvalue weighted by atomic mass is 10.1. The van der Waals surface area contributed by atoms with Gasteiger partial charge in [0.1, 0.15) is 0 Å². The van der Waals surface area contributed by atoms with Crippen molar-refractivity contribution < 1.29 is 9.53 Å². The molecule has 0 spiro atoms. The number of ether oxygens (including phenoxy) is 1. The maximum atomic E-state index is 12.5. The van der Waals surface area contributed by atoms with Gasteiger partial charge < -0.3 is 9.64 Å². The quantitative estimate of drug-likeness (QED) is 0.850. The molecular weight excluding hydrogens is 306 g/mol. The van der Waals surface area contributed by atoms with Crippen LogP contribution in [0.1, 0.15) is 29.3 Å². The number of hydrogen-bond donors (Lipinski definition) is 0. The number of carbonyl (C=O) groups excluding carboxylic acids is 1. The summed E-state index contributed by atoms with van der Waals surface area (Å²) < 4.78 is 6.36. The molecular formula is C15H20BrNO2. The van der Waals surface area contributed by atoms with E-state index in [0.717, 1.165) is 48.3 Å². The lowest BCUT2D eigenvalue weighted by Crippen LogP contribution is -2.35. The highest BCUT2D eigenvalue weighted by atomic mass is 79.9. The highest BCUT2D eigenvalue weighted by molar-refractivity contribution is 9.10. The van der Waals surface area contributed by atoms with Crippen LogP contribution >= 0.6 is 15.9 Å². The Hall–Kier alpha value is -0.870. The fourth-order valence-electron chi connectivity index (χ4n) is 2.30. The summed E-state index contributed by atoms with van der Waals surface area (Å²) in [5.74, 6) is 0.591. The van der Waals surface area contributed by atoms with E-state index in [1.165, 1.54) is 0 Å². The zero-order valence-corrected chi connectivity index (χ0v) is 13.1. The number of carbonyl (C=O) groups is 1. The molecule has 1 aromatic carbocycles. The van der Waals surface area contributed by atoms with E-state index in [1.807, 2.05) is 36.9 Å². The van der Waals surface area contributed by atoms with Crippen molar-refractivity contribution in [3.8, 4) is 0 Å². The van der Waals surface area contributed by atoms with Crippen LogP contribution in [0.4, 0.5) is 0 Å². The third-order valence-corrected chi connectivity index (χ3v) is 4.44. The molecule has 1 aromatic rings. The first-order chi connectivity index (χ1) is 9.11. The Balaban J connectivity index is 2.08. The van der Waals surface area contributed by atoms with Crippen LogP contribution in [0, 0.1) is 12.8 Å². The second-order valence-corrected chi connectivity index (χ2v) is 5.89. The highest BCUT2D eigenvalue weighted by Gasteiger charge is 2.22. The normalized spacial score (nSPS) is 18.6. The van der Waals surface area contributed by atoms with Crippen molar-refractivity contribution in [3.63, 3.8) is 0 Å². The summed E-state index contributed by atoms with van der Waals surface area (Å²) in [7, 11) is 0. The predicted octanol–water partition coefficient (Wildman–Crippen LogP) is 3.26. The van der Waals surface area contributed by atoms with Gasteiger partial charge in [0, 0.05) is 35.7 Å². The van der Waals surface area contributed by atoms with E-state index >= 15 is 0 Å². The third-order valence-electron chi connectivity index (χ3n) is 3.59. The highest BCUT2D eigenvalue weighted by Crippen LogP contribution is 2.20. The van der Waals surface area contributed by atoms with Crippen LogP contribution < -0.4 is 0 Å². The zero-order valence-electron chi connectivity index (χ0n) is 11.5. The van der Waals surface area contributed by atoms with Crippen LogP contribution in [0.5, 0.6) is 0 Å². The van der Waals surface area contributed by atoms with Crippen LogP contribution in [-0.4, -0.2) is 37.1 Å². The van der Waals surface area contributed by atoms with E-state index in [1.54, 1.807) is 0 Å². The summed E-state index contributed by atoms with van der Waals surface area (Å²) in [5, 5.41) is 0. The maximum absolute atomic E-state index is 12.5. The second-order valence-electron chi connectivity index (χ2n) is 5.04. The van der Waals surface area contributed by atoms with Crippen molar-refractivity contribution >= 4 is 21.8 Å². The Kier molecular flexibility index (Phi) is 4.99. The van der Waals surface area contributed by atoms with Gasteiger partial charge in [0.2, 0.25) is 0 Å². The molecule has 2 rings (SSSR count). The van der Waals surface area contributed by atoms with E-state index in [-0.39, 0.29) is 5.91 Å². The Bertz CT molecular complexity index is 455. The van der Waals surface area contributed by atoms with Gasteiger partial charge in [0.05, 0.1) is 6.61 Å². The fraction of sp³-hybridized carbons (Fsp3) is 0.533. The van der Waals surface area contributed by atoms with E-state index < -0.39 is 0 Å². The molecule has 19 heavy (non-hydrogen) atoms. The maximum Gasteiger partial charge on any atom is 0.253 e. The molecule has 1 aliphatic rings. The molecule has 1 saturated heterocycles. The van der Waals surface area contributed by atoms with Gasteiger partial charge in [-0.15, -0.1) is 0 Å². The molecule has 1 heterocycles. The van der Waals surface area contributed by atoms with Crippen LogP contribution in [0.3, 0.4) is 0 Å². The van der Waals surface area contributed by atoms with Gasteiger partial charge in [-0.2, -0.15) is 0 Å². The molecule has 1 aliphatic heterocycles. The molecule has 1 atom stereocenters. The minimum Gasteiger partial charge on any atom is -0.381 e. The molecule has 0 aliphatic carbocycles. The summed E-state index contributed by atoms with van der Waals surface area (Å²) in [6.07, 6.45) is 1.06. The Labute approximate surface area is 123 Å². The topological polar surface area (TPSA) is 29.5 Å². The van der Waals surface area contributed by atoms with Gasteiger partial charge in [-0.25, -0.2) is 0 Å². The van der Waals surface area contributed by atoms with E-state index in [4.69, 9.17) is 4.74 Å². The third kappa shape index (κ3) is 3.57. The lowest BCUT2D eigenvalue weighted by Gasteiger charge is -2.24. The summed E-state index contributed by atoms with van der Waals surface area (Å²) in [4.78, 5) is 14.4. The van der Waals surface area contributed by atoms with E-state index in [9.17, 15) is 4.79 Å². The minimum atomic E-state index is 0.107. The lowest BCUT2D eigenvalue weighted by molar-refractivity contribution is 0.0730. The molecule has 1 fully saturated rings. The zero-order chi connectivity index (χ0) is 13.8. The second kappa shape index (κ2) is 6.53. The number of amides is 1. The van der Waals surface area contributed by atoms with Crippen LogP contribution in [-0.2, 0) is 4.74 Å². The van der Waals surface area contributed by atoms with Crippen LogP contribution in [0.25, 0.3) is 0 Å². The first-order valence-corrected chi connectivity index (χ1v) is 7.54. The number of nitrogens with zero attached hydrogens (tertiary/aromatic N) is 1. The van der Waals surface area contributed by atoms with Crippen molar-refractivity contribution in [1.29, 1.82) is 0 Å². The molecule has 3 nitrogen and oxygen atoms in total. The molecule has 0 radical (unpaired) electrons. The van der Waals surface area contributed by atoms with E-state index in [0.29, 0.717) is 5.92 Å². The van der Waals surface area contributed by atoms with Crippen LogP contribution in [0.15, 0.2) is 22.7 Å². The first-order valence-electron chi connectivity index (χ1n) is 6.75. The average Bonchev–Trinajstić information content (AvgIpc) is 2.91. The van der Waals surface area contributed by atoms with E-state index in [2.05, 4.69) is 15.9 Å². The molecule has 0 saturated carbocycles. The summed E-state index contributed by atoms with van der Waals surface area (Å²) in [6.45, 7) is 7.18. The molecule has 4 heteroatoms. The largest absolute Gasteiger partial charge is 0.381 e. The van der Waals surface area contributed by atoms with Gasteiger partial charge in [-0.1, -0.05) is 22.0 Å². The molecule has 1 unspecified atom stereocenters. The van der Waals surface area contributed by atoms with Crippen LogP contribution in [0.2, 0.25) is 0 Å². The molecule has 104 valence electrons. The van der Waals surface area contributed by atoms with Crippen molar-refractivity contribution in [1.82, 2.24) is 4.90 Å². The fourth-order valence-corrected chi connectivity index (χ4v) is 2.68. The first kappa shape index (κ1) is 14.5. The average molecular weight is 326 g/mol. The molecule has 0 bridgehead atoms.